The normalized spacial score (nSPS) is 12.0. The highest BCUT2D eigenvalue weighted by Gasteiger charge is 2.20. The van der Waals surface area contributed by atoms with E-state index in [2.05, 4.69) is 28.1 Å². The van der Waals surface area contributed by atoms with Crippen molar-refractivity contribution >= 4 is 32.7 Å². The Balaban J connectivity index is 1.81. The molecule has 0 radical (unpaired) electrons. The van der Waals surface area contributed by atoms with Crippen LogP contribution in [0.5, 0.6) is 5.75 Å². The summed E-state index contributed by atoms with van der Waals surface area (Å²) in [6, 6.07) is 12.6. The lowest BCUT2D eigenvalue weighted by Crippen LogP contribution is -2.27. The van der Waals surface area contributed by atoms with Gasteiger partial charge in [-0.15, -0.1) is 0 Å². The molecular weight excluding hydrogens is 386 g/mol. The zero-order valence-corrected chi connectivity index (χ0v) is 17.0. The third-order valence-corrected chi connectivity index (χ3v) is 5.96. The Bertz CT molecular complexity index is 1060. The minimum Gasteiger partial charge on any atom is -0.495 e. The molecule has 0 atom stereocenters. The molecular formula is C19H22ClN3O3S. The van der Waals surface area contributed by atoms with Crippen LogP contribution in [0.1, 0.15) is 25.7 Å². The van der Waals surface area contributed by atoms with E-state index >= 15 is 0 Å². The number of ether oxygens (including phenoxy) is 1. The summed E-state index contributed by atoms with van der Waals surface area (Å²) in [6.07, 6.45) is 0.467. The summed E-state index contributed by atoms with van der Waals surface area (Å²) in [5, 5.41) is 0.331. The molecule has 0 unspecified atom stereocenters. The van der Waals surface area contributed by atoms with Crippen LogP contribution in [-0.4, -0.2) is 31.6 Å². The van der Waals surface area contributed by atoms with E-state index in [4.69, 9.17) is 16.3 Å². The van der Waals surface area contributed by atoms with Gasteiger partial charge in [0.05, 0.1) is 18.1 Å². The second-order valence-electron chi connectivity index (χ2n) is 6.42. The van der Waals surface area contributed by atoms with Gasteiger partial charge in [-0.2, -0.15) is 0 Å². The lowest BCUT2D eigenvalue weighted by atomic mass is 10.3. The maximum absolute atomic E-state index is 12.7. The number of nitrogens with one attached hydrogen (secondary N) is 1. The summed E-state index contributed by atoms with van der Waals surface area (Å²) in [4.78, 5) is 4.68. The number of benzene rings is 2. The molecule has 27 heavy (non-hydrogen) atoms. The Morgan fingerprint density at radius 1 is 1.22 bits per heavy atom. The Morgan fingerprint density at radius 2 is 1.96 bits per heavy atom. The van der Waals surface area contributed by atoms with Gasteiger partial charge in [-0.05, 0) is 44.2 Å². The Kier molecular flexibility index (Phi) is 5.74. The Hall–Kier alpha value is -2.09. The number of nitrogens with zero attached hydrogens (tertiary/aromatic N) is 2. The summed E-state index contributed by atoms with van der Waals surface area (Å²) in [6.45, 7) is 4.38. The summed E-state index contributed by atoms with van der Waals surface area (Å²) >= 11 is 5.95. The van der Waals surface area contributed by atoms with E-state index < -0.39 is 10.0 Å². The Morgan fingerprint density at radius 3 is 2.67 bits per heavy atom. The SMILES string of the molecule is COc1ccc(Cl)cc1S(=O)(=O)NCCc1nc2ccccc2n1C(C)C. The van der Waals surface area contributed by atoms with Crippen LogP contribution in [0, 0.1) is 0 Å². The Labute approximate surface area is 164 Å². The van der Waals surface area contributed by atoms with Gasteiger partial charge in [-0.25, -0.2) is 18.1 Å². The molecule has 0 spiro atoms. The smallest absolute Gasteiger partial charge is 0.244 e. The predicted molar refractivity (Wildman–Crippen MR) is 107 cm³/mol. The van der Waals surface area contributed by atoms with Crippen molar-refractivity contribution < 1.29 is 13.2 Å². The van der Waals surface area contributed by atoms with Gasteiger partial charge in [-0.3, -0.25) is 0 Å². The van der Waals surface area contributed by atoms with Gasteiger partial charge >= 0.3 is 0 Å². The molecule has 0 aliphatic carbocycles. The predicted octanol–water partition coefficient (Wildman–Crippen LogP) is 3.80. The van der Waals surface area contributed by atoms with E-state index in [1.54, 1.807) is 6.07 Å². The van der Waals surface area contributed by atoms with E-state index in [9.17, 15) is 8.42 Å². The third kappa shape index (κ3) is 4.10. The maximum Gasteiger partial charge on any atom is 0.244 e. The van der Waals surface area contributed by atoms with Crippen LogP contribution in [0.4, 0.5) is 0 Å². The fraction of sp³-hybridized carbons (Fsp3) is 0.316. The van der Waals surface area contributed by atoms with Crippen LogP contribution in [0.25, 0.3) is 11.0 Å². The molecule has 0 aliphatic rings. The van der Waals surface area contributed by atoms with Crippen molar-refractivity contribution in [2.45, 2.75) is 31.2 Å². The average Bonchev–Trinajstić information content (AvgIpc) is 3.00. The first kappa shape index (κ1) is 19.7. The summed E-state index contributed by atoms with van der Waals surface area (Å²) in [5.41, 5.74) is 1.95. The lowest BCUT2D eigenvalue weighted by molar-refractivity contribution is 0.402. The van der Waals surface area contributed by atoms with Crippen molar-refractivity contribution in [3.63, 3.8) is 0 Å². The number of aromatic nitrogens is 2. The molecule has 144 valence electrons. The fourth-order valence-electron chi connectivity index (χ4n) is 3.08. The van der Waals surface area contributed by atoms with Gasteiger partial charge < -0.3 is 9.30 Å². The second kappa shape index (κ2) is 7.88. The minimum absolute atomic E-state index is 0.0230. The number of fused-ring (bicyclic) bond motifs is 1. The lowest BCUT2D eigenvalue weighted by Gasteiger charge is -2.14. The van der Waals surface area contributed by atoms with Crippen molar-refractivity contribution in [2.24, 2.45) is 0 Å². The summed E-state index contributed by atoms with van der Waals surface area (Å²) in [5.74, 6) is 1.09. The number of hydrogen-bond acceptors (Lipinski definition) is 4. The average molecular weight is 408 g/mol. The van der Waals surface area contributed by atoms with E-state index in [-0.39, 0.29) is 23.2 Å². The highest BCUT2D eigenvalue weighted by Crippen LogP contribution is 2.27. The fourth-order valence-corrected chi connectivity index (χ4v) is 4.54. The van der Waals surface area contributed by atoms with Crippen molar-refractivity contribution in [3.8, 4) is 5.75 Å². The van der Waals surface area contributed by atoms with Crippen LogP contribution >= 0.6 is 11.6 Å². The van der Waals surface area contributed by atoms with Crippen molar-refractivity contribution in [2.75, 3.05) is 13.7 Å². The number of para-hydroxylation sites is 2. The number of hydrogen-bond donors (Lipinski definition) is 1. The highest BCUT2D eigenvalue weighted by atomic mass is 35.5. The molecule has 3 aromatic rings. The van der Waals surface area contributed by atoms with E-state index in [0.29, 0.717) is 11.4 Å². The van der Waals surface area contributed by atoms with Gasteiger partial charge in [0.1, 0.15) is 16.5 Å². The molecule has 1 N–H and O–H groups in total. The van der Waals surface area contributed by atoms with Crippen molar-refractivity contribution in [3.05, 3.63) is 53.3 Å². The zero-order chi connectivity index (χ0) is 19.6. The molecule has 0 bridgehead atoms. The van der Waals surface area contributed by atoms with Crippen LogP contribution in [0.2, 0.25) is 5.02 Å². The third-order valence-electron chi connectivity index (χ3n) is 4.24. The standard InChI is InChI=1S/C19H22ClN3O3S/c1-13(2)23-16-7-5-4-6-15(16)22-19(23)10-11-21-27(24,25)18-12-14(20)8-9-17(18)26-3/h4-9,12-13,21H,10-11H2,1-3H3. The molecule has 0 saturated heterocycles. The minimum atomic E-state index is -3.76. The first-order valence-electron chi connectivity index (χ1n) is 8.62. The molecule has 6 nitrogen and oxygen atoms in total. The molecule has 2 aromatic carbocycles. The van der Waals surface area contributed by atoms with Crippen LogP contribution in [0.15, 0.2) is 47.4 Å². The largest absolute Gasteiger partial charge is 0.495 e. The molecule has 1 heterocycles. The van der Waals surface area contributed by atoms with Crippen LogP contribution in [0.3, 0.4) is 0 Å². The summed E-state index contributed by atoms with van der Waals surface area (Å²) < 4.78 is 35.2. The molecule has 8 heteroatoms. The monoisotopic (exact) mass is 407 g/mol. The van der Waals surface area contributed by atoms with Crippen molar-refractivity contribution in [1.82, 2.24) is 14.3 Å². The van der Waals surface area contributed by atoms with E-state index in [1.165, 1.54) is 19.2 Å². The van der Waals surface area contributed by atoms with Crippen LogP contribution < -0.4 is 9.46 Å². The number of sulfonamides is 1. The molecule has 1 aromatic heterocycles. The first-order valence-corrected chi connectivity index (χ1v) is 10.5. The summed E-state index contributed by atoms with van der Waals surface area (Å²) in [7, 11) is -2.33. The van der Waals surface area contributed by atoms with Gasteiger partial charge in [0.15, 0.2) is 0 Å². The molecule has 0 amide bonds. The van der Waals surface area contributed by atoms with E-state index in [1.807, 2.05) is 24.3 Å². The van der Waals surface area contributed by atoms with Crippen molar-refractivity contribution in [1.29, 1.82) is 0 Å². The topological polar surface area (TPSA) is 73.2 Å². The second-order valence-corrected chi connectivity index (χ2v) is 8.60. The van der Waals surface area contributed by atoms with Gasteiger partial charge in [-0.1, -0.05) is 23.7 Å². The number of methoxy groups -OCH3 is 1. The molecule has 0 fully saturated rings. The first-order chi connectivity index (χ1) is 12.8. The van der Waals surface area contributed by atoms with Gasteiger partial charge in [0, 0.05) is 24.0 Å². The maximum atomic E-state index is 12.7. The molecule has 3 rings (SSSR count). The highest BCUT2D eigenvalue weighted by molar-refractivity contribution is 7.89. The zero-order valence-electron chi connectivity index (χ0n) is 15.4. The number of imidazole rings is 1. The molecule has 0 saturated carbocycles. The number of rotatable bonds is 7. The quantitative estimate of drug-likeness (QED) is 0.646. The van der Waals surface area contributed by atoms with Gasteiger partial charge in [0.2, 0.25) is 10.0 Å². The van der Waals surface area contributed by atoms with Crippen LogP contribution in [-0.2, 0) is 16.4 Å². The number of halogens is 1. The van der Waals surface area contributed by atoms with Gasteiger partial charge in [0.25, 0.3) is 0 Å². The van der Waals surface area contributed by atoms with E-state index in [0.717, 1.165) is 16.9 Å². The molecule has 0 aliphatic heterocycles.